The smallest absolute Gasteiger partial charge is 0.129 e. The number of hydrogen-bond donors (Lipinski definition) is 3. The molecule has 1 aromatic rings. The number of nitrogens with one attached hydrogen (secondary N) is 1. The molecule has 0 radical (unpaired) electrons. The first-order valence-electron chi connectivity index (χ1n) is 5.00. The Balaban J connectivity index is 0.00000128. The van der Waals surface area contributed by atoms with E-state index in [0.29, 0.717) is 13.2 Å². The molecule has 1 saturated heterocycles. The molecule has 2 atom stereocenters. The van der Waals surface area contributed by atoms with Crippen molar-refractivity contribution >= 4 is 18.1 Å². The number of halogens is 1. The number of morpholine rings is 1. The molecule has 1 heterocycles. The molecule has 90 valence electrons. The maximum absolute atomic E-state index is 9.51. The van der Waals surface area contributed by atoms with E-state index < -0.39 is 6.23 Å². The summed E-state index contributed by atoms with van der Waals surface area (Å²) in [6, 6.07) is 7.62. The first kappa shape index (κ1) is 13.3. The molecule has 0 amide bonds. The van der Waals surface area contributed by atoms with Crippen LogP contribution in [0.4, 0.5) is 5.69 Å². The third-order valence-electron chi connectivity index (χ3n) is 2.68. The Bertz CT molecular complexity index is 362. The first-order valence-corrected chi connectivity index (χ1v) is 5.00. The van der Waals surface area contributed by atoms with Crippen molar-refractivity contribution in [2.45, 2.75) is 18.7 Å². The fourth-order valence-corrected chi connectivity index (χ4v) is 1.87. The molecule has 5 heteroatoms. The summed E-state index contributed by atoms with van der Waals surface area (Å²) in [5.74, 6) is 0. The number of aliphatic hydroxyl groups is 1. The lowest BCUT2D eigenvalue weighted by atomic mass is 9.91. The number of aliphatic hydroxyl groups excluding tert-OH is 1. The van der Waals surface area contributed by atoms with Gasteiger partial charge >= 0.3 is 0 Å². The van der Waals surface area contributed by atoms with Gasteiger partial charge in [0.25, 0.3) is 0 Å². The first-order chi connectivity index (χ1) is 7.10. The predicted molar refractivity (Wildman–Crippen MR) is 65.4 cm³/mol. The van der Waals surface area contributed by atoms with Crippen LogP contribution in [-0.4, -0.2) is 24.5 Å². The number of rotatable bonds is 1. The van der Waals surface area contributed by atoms with Gasteiger partial charge in [0.15, 0.2) is 0 Å². The fourth-order valence-electron chi connectivity index (χ4n) is 1.87. The molecular formula is C11H17ClN2O2. The molecule has 2 rings (SSSR count). The standard InChI is InChI=1S/C11H16N2O2.ClH/c1-11(7-15-6-10(14)13-11)8-3-2-4-9(12)5-8;/h2-5,10,13-14H,6-7,12H2,1H3;1H/t10?,11-;/m0./s1. The molecular weight excluding hydrogens is 228 g/mol. The van der Waals surface area contributed by atoms with Crippen LogP contribution in [0.2, 0.25) is 0 Å². The van der Waals surface area contributed by atoms with Crippen molar-refractivity contribution in [1.29, 1.82) is 0 Å². The van der Waals surface area contributed by atoms with Gasteiger partial charge in [-0.3, -0.25) is 5.32 Å². The highest BCUT2D eigenvalue weighted by Crippen LogP contribution is 2.25. The molecule has 0 aromatic heterocycles. The number of anilines is 1. The van der Waals surface area contributed by atoms with E-state index >= 15 is 0 Å². The van der Waals surface area contributed by atoms with E-state index in [1.165, 1.54) is 0 Å². The Hall–Kier alpha value is -0.810. The summed E-state index contributed by atoms with van der Waals surface area (Å²) in [4.78, 5) is 0. The zero-order valence-electron chi connectivity index (χ0n) is 9.14. The maximum atomic E-state index is 9.51. The summed E-state index contributed by atoms with van der Waals surface area (Å²) >= 11 is 0. The summed E-state index contributed by atoms with van der Waals surface area (Å²) in [5, 5.41) is 12.6. The zero-order chi connectivity index (χ0) is 10.9. The van der Waals surface area contributed by atoms with Crippen molar-refractivity contribution in [3.05, 3.63) is 29.8 Å². The fraction of sp³-hybridized carbons (Fsp3) is 0.455. The average Bonchev–Trinajstić information content (AvgIpc) is 2.17. The Morgan fingerprint density at radius 2 is 2.31 bits per heavy atom. The Morgan fingerprint density at radius 3 is 2.94 bits per heavy atom. The summed E-state index contributed by atoms with van der Waals surface area (Å²) in [6.07, 6.45) is -0.620. The summed E-state index contributed by atoms with van der Waals surface area (Å²) in [5.41, 5.74) is 7.11. The van der Waals surface area contributed by atoms with Crippen LogP contribution in [0.1, 0.15) is 12.5 Å². The molecule has 4 nitrogen and oxygen atoms in total. The van der Waals surface area contributed by atoms with Crippen molar-refractivity contribution in [3.8, 4) is 0 Å². The maximum Gasteiger partial charge on any atom is 0.129 e. The van der Waals surface area contributed by atoms with Crippen LogP contribution >= 0.6 is 12.4 Å². The number of nitrogens with two attached hydrogens (primary N) is 1. The van der Waals surface area contributed by atoms with Gasteiger partial charge in [-0.15, -0.1) is 12.4 Å². The SMILES string of the molecule is C[C@@]1(c2cccc(N)c2)COCC(O)N1.Cl. The summed E-state index contributed by atoms with van der Waals surface area (Å²) < 4.78 is 5.34. The molecule has 4 N–H and O–H groups in total. The van der Waals surface area contributed by atoms with Gasteiger partial charge in [0, 0.05) is 5.69 Å². The second kappa shape index (κ2) is 5.01. The van der Waals surface area contributed by atoms with Crippen LogP contribution < -0.4 is 11.1 Å². The lowest BCUT2D eigenvalue weighted by molar-refractivity contribution is -0.0707. The lowest BCUT2D eigenvalue weighted by Gasteiger charge is -2.38. The van der Waals surface area contributed by atoms with E-state index in [-0.39, 0.29) is 17.9 Å². The second-order valence-electron chi connectivity index (χ2n) is 4.13. The topological polar surface area (TPSA) is 67.5 Å². The highest BCUT2D eigenvalue weighted by atomic mass is 35.5. The van der Waals surface area contributed by atoms with Crippen LogP contribution in [-0.2, 0) is 10.3 Å². The monoisotopic (exact) mass is 244 g/mol. The molecule has 1 aromatic carbocycles. The summed E-state index contributed by atoms with van der Waals surface area (Å²) in [7, 11) is 0. The van der Waals surface area contributed by atoms with E-state index in [0.717, 1.165) is 11.3 Å². The van der Waals surface area contributed by atoms with Gasteiger partial charge in [-0.05, 0) is 24.6 Å². The van der Waals surface area contributed by atoms with E-state index in [1.54, 1.807) is 0 Å². The molecule has 1 fully saturated rings. The quantitative estimate of drug-likeness (QED) is 0.641. The molecule has 1 aliphatic heterocycles. The minimum Gasteiger partial charge on any atom is -0.399 e. The molecule has 0 aliphatic carbocycles. The Labute approximate surface area is 101 Å². The second-order valence-corrected chi connectivity index (χ2v) is 4.13. The number of nitrogen functional groups attached to an aromatic ring is 1. The van der Waals surface area contributed by atoms with Crippen molar-refractivity contribution in [2.75, 3.05) is 18.9 Å². The van der Waals surface area contributed by atoms with Gasteiger partial charge in [-0.25, -0.2) is 0 Å². The van der Waals surface area contributed by atoms with Gasteiger partial charge in [0.05, 0.1) is 18.8 Å². The van der Waals surface area contributed by atoms with E-state index in [1.807, 2.05) is 31.2 Å². The molecule has 1 aliphatic rings. The molecule has 1 unspecified atom stereocenters. The number of benzene rings is 1. The lowest BCUT2D eigenvalue weighted by Crippen LogP contribution is -2.55. The Morgan fingerprint density at radius 1 is 1.56 bits per heavy atom. The largest absolute Gasteiger partial charge is 0.399 e. The molecule has 16 heavy (non-hydrogen) atoms. The minimum absolute atomic E-state index is 0. The number of hydrogen-bond acceptors (Lipinski definition) is 4. The highest BCUT2D eigenvalue weighted by molar-refractivity contribution is 5.85. The van der Waals surface area contributed by atoms with Crippen LogP contribution in [0, 0.1) is 0 Å². The Kier molecular flexibility index (Phi) is 4.15. The van der Waals surface area contributed by atoms with Crippen molar-refractivity contribution in [2.24, 2.45) is 0 Å². The number of ether oxygens (including phenoxy) is 1. The van der Waals surface area contributed by atoms with Crippen molar-refractivity contribution in [3.63, 3.8) is 0 Å². The van der Waals surface area contributed by atoms with Crippen LogP contribution in [0.3, 0.4) is 0 Å². The van der Waals surface area contributed by atoms with Gasteiger partial charge in [-0.2, -0.15) is 0 Å². The van der Waals surface area contributed by atoms with Gasteiger partial charge in [-0.1, -0.05) is 12.1 Å². The van der Waals surface area contributed by atoms with Crippen molar-refractivity contribution < 1.29 is 9.84 Å². The molecule has 0 saturated carbocycles. The van der Waals surface area contributed by atoms with Crippen LogP contribution in [0.5, 0.6) is 0 Å². The minimum atomic E-state index is -0.620. The average molecular weight is 245 g/mol. The molecule has 0 spiro atoms. The highest BCUT2D eigenvalue weighted by Gasteiger charge is 2.32. The predicted octanol–water partition coefficient (Wildman–Crippen LogP) is 0.844. The summed E-state index contributed by atoms with van der Waals surface area (Å²) in [6.45, 7) is 2.86. The normalized spacial score (nSPS) is 29.5. The van der Waals surface area contributed by atoms with Gasteiger partial charge in [0.1, 0.15) is 6.23 Å². The zero-order valence-corrected chi connectivity index (χ0v) is 9.96. The van der Waals surface area contributed by atoms with E-state index in [4.69, 9.17) is 10.5 Å². The van der Waals surface area contributed by atoms with Gasteiger partial charge < -0.3 is 15.6 Å². The van der Waals surface area contributed by atoms with Gasteiger partial charge in [0.2, 0.25) is 0 Å². The third-order valence-corrected chi connectivity index (χ3v) is 2.68. The van der Waals surface area contributed by atoms with E-state index in [2.05, 4.69) is 5.32 Å². The van der Waals surface area contributed by atoms with Crippen molar-refractivity contribution in [1.82, 2.24) is 5.32 Å². The van der Waals surface area contributed by atoms with Crippen LogP contribution in [0.15, 0.2) is 24.3 Å². The van der Waals surface area contributed by atoms with Crippen LogP contribution in [0.25, 0.3) is 0 Å². The van der Waals surface area contributed by atoms with E-state index in [9.17, 15) is 5.11 Å². The molecule has 0 bridgehead atoms. The third kappa shape index (κ3) is 2.65.